The maximum absolute atomic E-state index is 13.1. The molecule has 8 heteroatoms. The minimum Gasteiger partial charge on any atom is -0.449 e. The van der Waals surface area contributed by atoms with Crippen LogP contribution in [0, 0.1) is 0 Å². The van der Waals surface area contributed by atoms with Crippen molar-refractivity contribution in [3.8, 4) is 0 Å². The highest BCUT2D eigenvalue weighted by molar-refractivity contribution is 7.89. The Morgan fingerprint density at radius 1 is 1.26 bits per heavy atom. The Morgan fingerprint density at radius 2 is 2.07 bits per heavy atom. The average Bonchev–Trinajstić information content (AvgIpc) is 3.14. The fraction of sp³-hybridized carbons (Fsp3) is 0.632. The van der Waals surface area contributed by atoms with Crippen molar-refractivity contribution in [1.82, 2.24) is 9.21 Å². The van der Waals surface area contributed by atoms with Gasteiger partial charge in [0.2, 0.25) is 10.0 Å². The molecule has 1 amide bonds. The van der Waals surface area contributed by atoms with E-state index in [9.17, 15) is 13.2 Å². The summed E-state index contributed by atoms with van der Waals surface area (Å²) in [6, 6.07) is 5.16. The summed E-state index contributed by atoms with van der Waals surface area (Å²) >= 11 is 0. The highest BCUT2D eigenvalue weighted by Gasteiger charge is 2.35. The van der Waals surface area contributed by atoms with Gasteiger partial charge >= 0.3 is 6.09 Å². The zero-order valence-electron chi connectivity index (χ0n) is 16.0. The van der Waals surface area contributed by atoms with Gasteiger partial charge in [-0.1, -0.05) is 13.0 Å². The van der Waals surface area contributed by atoms with E-state index in [1.54, 1.807) is 28.4 Å². The van der Waals surface area contributed by atoms with Crippen LogP contribution in [0.1, 0.15) is 37.3 Å². The van der Waals surface area contributed by atoms with Gasteiger partial charge < -0.3 is 14.4 Å². The molecule has 2 aliphatic rings. The summed E-state index contributed by atoms with van der Waals surface area (Å²) in [4.78, 5) is 14.1. The van der Waals surface area contributed by atoms with Crippen LogP contribution in [0.5, 0.6) is 0 Å². The van der Waals surface area contributed by atoms with Gasteiger partial charge in [-0.05, 0) is 48.9 Å². The lowest BCUT2D eigenvalue weighted by Crippen LogP contribution is -2.39. The van der Waals surface area contributed by atoms with Crippen LogP contribution < -0.4 is 0 Å². The molecule has 1 aromatic carbocycles. The number of ether oxygens (including phenoxy) is 2. The third-order valence-electron chi connectivity index (χ3n) is 5.17. The van der Waals surface area contributed by atoms with Crippen LogP contribution in [0.4, 0.5) is 4.79 Å². The van der Waals surface area contributed by atoms with Gasteiger partial charge in [-0.25, -0.2) is 13.2 Å². The van der Waals surface area contributed by atoms with Crippen molar-refractivity contribution in [3.63, 3.8) is 0 Å². The van der Waals surface area contributed by atoms with Crippen LogP contribution in [-0.2, 0) is 32.5 Å². The van der Waals surface area contributed by atoms with Gasteiger partial charge in [-0.2, -0.15) is 4.31 Å². The van der Waals surface area contributed by atoms with Gasteiger partial charge in [0.25, 0.3) is 0 Å². The fourth-order valence-electron chi connectivity index (χ4n) is 3.75. The Kier molecular flexibility index (Phi) is 6.39. The van der Waals surface area contributed by atoms with E-state index in [0.29, 0.717) is 39.3 Å². The number of methoxy groups -OCH3 is 1. The molecule has 1 unspecified atom stereocenters. The van der Waals surface area contributed by atoms with Gasteiger partial charge in [0.15, 0.2) is 0 Å². The van der Waals surface area contributed by atoms with Crippen LogP contribution in [0.3, 0.4) is 0 Å². The molecule has 1 fully saturated rings. The van der Waals surface area contributed by atoms with Gasteiger partial charge in [0.1, 0.15) is 0 Å². The van der Waals surface area contributed by atoms with Crippen molar-refractivity contribution in [2.75, 3.05) is 33.4 Å². The number of nitrogens with zero attached hydrogens (tertiary/aromatic N) is 2. The Balaban J connectivity index is 1.80. The number of hydrogen-bond donors (Lipinski definition) is 0. The second kappa shape index (κ2) is 8.58. The standard InChI is InChI=1S/C19H28N2O5S/c1-3-11-26-19(22)20-10-8-15-6-7-18(12-16(15)13-20)27(23,24)21-9-4-5-17(21)14-25-2/h6-7,12,17H,3-5,8-11,13-14H2,1-2H3. The number of hydrogen-bond acceptors (Lipinski definition) is 5. The Bertz CT molecular complexity index is 780. The Hall–Kier alpha value is -1.64. The number of sulfonamides is 1. The van der Waals surface area contributed by atoms with Crippen molar-refractivity contribution in [3.05, 3.63) is 29.3 Å². The molecule has 0 bridgehead atoms. The molecule has 1 saturated heterocycles. The van der Waals surface area contributed by atoms with Crippen LogP contribution in [-0.4, -0.2) is 63.2 Å². The summed E-state index contributed by atoms with van der Waals surface area (Å²) in [6.45, 7) is 4.23. The average molecular weight is 397 g/mol. The van der Waals surface area contributed by atoms with Crippen molar-refractivity contribution < 1.29 is 22.7 Å². The molecule has 2 heterocycles. The number of carbonyl (C=O) groups is 1. The molecule has 1 aromatic rings. The summed E-state index contributed by atoms with van der Waals surface area (Å²) in [5.41, 5.74) is 1.96. The molecular weight excluding hydrogens is 368 g/mol. The number of rotatable bonds is 6. The third-order valence-corrected chi connectivity index (χ3v) is 7.11. The van der Waals surface area contributed by atoms with Crippen LogP contribution >= 0.6 is 0 Å². The molecule has 0 radical (unpaired) electrons. The lowest BCUT2D eigenvalue weighted by Gasteiger charge is -2.29. The summed E-state index contributed by atoms with van der Waals surface area (Å²) in [7, 11) is -1.99. The Morgan fingerprint density at radius 3 is 2.81 bits per heavy atom. The third kappa shape index (κ3) is 4.28. The molecule has 150 valence electrons. The molecule has 0 aromatic heterocycles. The predicted molar refractivity (Wildman–Crippen MR) is 101 cm³/mol. The van der Waals surface area contributed by atoms with Crippen LogP contribution in [0.15, 0.2) is 23.1 Å². The van der Waals surface area contributed by atoms with E-state index in [1.807, 2.05) is 13.0 Å². The number of amides is 1. The maximum Gasteiger partial charge on any atom is 0.410 e. The SMILES string of the molecule is CCCOC(=O)N1CCc2ccc(S(=O)(=O)N3CCCC3COC)cc2C1. The highest BCUT2D eigenvalue weighted by atomic mass is 32.2. The highest BCUT2D eigenvalue weighted by Crippen LogP contribution is 2.29. The van der Waals surface area contributed by atoms with Crippen LogP contribution in [0.25, 0.3) is 0 Å². The van der Waals surface area contributed by atoms with Gasteiger partial charge in [-0.15, -0.1) is 0 Å². The quantitative estimate of drug-likeness (QED) is 0.738. The summed E-state index contributed by atoms with van der Waals surface area (Å²) in [5.74, 6) is 0. The van der Waals surface area contributed by atoms with E-state index < -0.39 is 10.0 Å². The number of carbonyl (C=O) groups excluding carboxylic acids is 1. The van der Waals surface area contributed by atoms with Gasteiger partial charge in [0, 0.05) is 32.8 Å². The van der Waals surface area contributed by atoms with Crippen molar-refractivity contribution >= 4 is 16.1 Å². The minimum absolute atomic E-state index is 0.114. The lowest BCUT2D eigenvalue weighted by atomic mass is 10.0. The van der Waals surface area contributed by atoms with E-state index >= 15 is 0 Å². The molecule has 27 heavy (non-hydrogen) atoms. The van der Waals surface area contributed by atoms with E-state index in [1.165, 1.54) is 0 Å². The summed E-state index contributed by atoms with van der Waals surface area (Å²) < 4.78 is 38.2. The molecule has 1 atom stereocenters. The summed E-state index contributed by atoms with van der Waals surface area (Å²) in [5, 5.41) is 0. The molecule has 0 N–H and O–H groups in total. The molecule has 0 saturated carbocycles. The number of fused-ring (bicyclic) bond motifs is 1. The van der Waals surface area contributed by atoms with Crippen molar-refractivity contribution in [2.24, 2.45) is 0 Å². The molecule has 0 spiro atoms. The first-order valence-corrected chi connectivity index (χ1v) is 11.0. The van der Waals surface area contributed by atoms with E-state index in [2.05, 4.69) is 0 Å². The second-order valence-electron chi connectivity index (χ2n) is 7.08. The fourth-order valence-corrected chi connectivity index (χ4v) is 5.48. The zero-order valence-corrected chi connectivity index (χ0v) is 16.8. The van der Waals surface area contributed by atoms with E-state index in [4.69, 9.17) is 9.47 Å². The van der Waals surface area contributed by atoms with Crippen LogP contribution in [0.2, 0.25) is 0 Å². The maximum atomic E-state index is 13.1. The van der Waals surface area contributed by atoms with Crippen molar-refractivity contribution in [2.45, 2.75) is 50.1 Å². The van der Waals surface area contributed by atoms with Gasteiger partial charge in [0.05, 0.1) is 18.1 Å². The smallest absolute Gasteiger partial charge is 0.410 e. The minimum atomic E-state index is -3.58. The van der Waals surface area contributed by atoms with Gasteiger partial charge in [-0.3, -0.25) is 0 Å². The molecule has 3 rings (SSSR count). The zero-order chi connectivity index (χ0) is 19.4. The summed E-state index contributed by atoms with van der Waals surface area (Å²) in [6.07, 6.45) is 2.80. The number of benzene rings is 1. The largest absolute Gasteiger partial charge is 0.449 e. The molecule has 7 nitrogen and oxygen atoms in total. The predicted octanol–water partition coefficient (Wildman–Crippen LogP) is 2.39. The van der Waals surface area contributed by atoms with Crippen molar-refractivity contribution in [1.29, 1.82) is 0 Å². The van der Waals surface area contributed by atoms with E-state index in [0.717, 1.165) is 30.4 Å². The molecular formula is C19H28N2O5S. The Labute approximate surface area is 161 Å². The lowest BCUT2D eigenvalue weighted by molar-refractivity contribution is 0.0978. The first-order valence-electron chi connectivity index (χ1n) is 9.51. The first-order chi connectivity index (χ1) is 13.0. The second-order valence-corrected chi connectivity index (χ2v) is 8.97. The first kappa shape index (κ1) is 20.1. The monoisotopic (exact) mass is 396 g/mol. The molecule has 0 aliphatic carbocycles. The normalized spacial score (nSPS) is 20.5. The molecule has 2 aliphatic heterocycles. The van der Waals surface area contributed by atoms with E-state index in [-0.39, 0.29) is 17.0 Å². The topological polar surface area (TPSA) is 76.2 Å².